The van der Waals surface area contributed by atoms with Gasteiger partial charge in [-0.25, -0.2) is 4.98 Å². The molecule has 1 aliphatic rings. The molecule has 0 fully saturated rings. The van der Waals surface area contributed by atoms with Gasteiger partial charge in [0.15, 0.2) is 0 Å². The van der Waals surface area contributed by atoms with Gasteiger partial charge >= 0.3 is 0 Å². The van der Waals surface area contributed by atoms with Gasteiger partial charge in [0.25, 0.3) is 5.56 Å². The second-order valence-corrected chi connectivity index (χ2v) is 8.97. The third-order valence-corrected chi connectivity index (χ3v) is 5.48. The molecule has 0 bridgehead atoms. The van der Waals surface area contributed by atoms with Crippen LogP contribution in [0.3, 0.4) is 0 Å². The molecule has 2 N–H and O–H groups in total. The summed E-state index contributed by atoms with van der Waals surface area (Å²) in [5, 5.41) is 1.24. The highest BCUT2D eigenvalue weighted by atomic mass is 79.9. The van der Waals surface area contributed by atoms with Gasteiger partial charge in [0.2, 0.25) is 0 Å². The average Bonchev–Trinajstić information content (AvgIpc) is 2.95. The van der Waals surface area contributed by atoms with E-state index < -0.39 is 0 Å². The van der Waals surface area contributed by atoms with Crippen LogP contribution < -0.4 is 5.56 Å². The first kappa shape index (κ1) is 17.5. The van der Waals surface area contributed by atoms with Crippen molar-refractivity contribution in [2.75, 3.05) is 6.54 Å². The molecule has 136 valence electrons. The van der Waals surface area contributed by atoms with Crippen LogP contribution in [0.5, 0.6) is 0 Å². The van der Waals surface area contributed by atoms with Gasteiger partial charge in [-0.1, -0.05) is 42.8 Å². The summed E-state index contributed by atoms with van der Waals surface area (Å²) in [7, 11) is 0. The molecule has 0 amide bonds. The van der Waals surface area contributed by atoms with Gasteiger partial charge in [0.1, 0.15) is 5.82 Å². The summed E-state index contributed by atoms with van der Waals surface area (Å²) in [5.74, 6) is 0.764. The number of aromatic nitrogens is 3. The van der Waals surface area contributed by atoms with E-state index in [9.17, 15) is 4.79 Å². The zero-order valence-electron chi connectivity index (χ0n) is 15.3. The van der Waals surface area contributed by atoms with E-state index in [0.717, 1.165) is 46.6 Å². The molecule has 0 unspecified atom stereocenters. The summed E-state index contributed by atoms with van der Waals surface area (Å²) in [6, 6.07) is 6.31. The lowest BCUT2D eigenvalue weighted by Crippen LogP contribution is -2.36. The number of fused-ring (bicyclic) bond motifs is 2. The van der Waals surface area contributed by atoms with Crippen molar-refractivity contribution >= 4 is 26.8 Å². The van der Waals surface area contributed by atoms with Crippen LogP contribution in [0.4, 0.5) is 0 Å². The third-order valence-electron chi connectivity index (χ3n) is 4.99. The van der Waals surface area contributed by atoms with Crippen molar-refractivity contribution in [3.8, 4) is 0 Å². The smallest absolute Gasteiger partial charge is 0.254 e. The van der Waals surface area contributed by atoms with E-state index in [0.29, 0.717) is 6.54 Å². The van der Waals surface area contributed by atoms with Gasteiger partial charge in [-0.3, -0.25) is 9.69 Å². The van der Waals surface area contributed by atoms with Crippen molar-refractivity contribution in [2.24, 2.45) is 0 Å². The SMILES string of the molecule is CC(C)(C)c1nc2c(c(=O)[nH]1)CCN(Cc1c[nH]c3cc(Br)ccc13)C2. The predicted octanol–water partition coefficient (Wildman–Crippen LogP) is 3.87. The van der Waals surface area contributed by atoms with E-state index in [1.165, 1.54) is 10.9 Å². The summed E-state index contributed by atoms with van der Waals surface area (Å²) in [4.78, 5) is 25.9. The number of nitrogens with zero attached hydrogens (tertiary/aromatic N) is 2. The molecule has 6 heteroatoms. The molecule has 1 aromatic carbocycles. The Labute approximate surface area is 161 Å². The van der Waals surface area contributed by atoms with Gasteiger partial charge in [-0.05, 0) is 24.1 Å². The topological polar surface area (TPSA) is 64.8 Å². The van der Waals surface area contributed by atoms with Crippen LogP contribution >= 0.6 is 15.9 Å². The number of rotatable bonds is 2. The number of aromatic amines is 2. The Balaban J connectivity index is 1.62. The normalized spacial score (nSPS) is 15.4. The Bertz CT molecular complexity index is 1030. The highest BCUT2D eigenvalue weighted by molar-refractivity contribution is 9.10. The largest absolute Gasteiger partial charge is 0.361 e. The van der Waals surface area contributed by atoms with E-state index in [-0.39, 0.29) is 11.0 Å². The maximum Gasteiger partial charge on any atom is 0.254 e. The Morgan fingerprint density at radius 1 is 1.31 bits per heavy atom. The molecule has 4 rings (SSSR count). The number of H-pyrrole nitrogens is 2. The second-order valence-electron chi connectivity index (χ2n) is 8.05. The van der Waals surface area contributed by atoms with Crippen molar-refractivity contribution < 1.29 is 0 Å². The molecule has 2 aromatic heterocycles. The minimum Gasteiger partial charge on any atom is -0.361 e. The van der Waals surface area contributed by atoms with Crippen molar-refractivity contribution in [1.29, 1.82) is 0 Å². The molecule has 3 heterocycles. The summed E-state index contributed by atoms with van der Waals surface area (Å²) < 4.78 is 1.07. The van der Waals surface area contributed by atoms with E-state index in [4.69, 9.17) is 4.98 Å². The van der Waals surface area contributed by atoms with Crippen LogP contribution in [0, 0.1) is 0 Å². The van der Waals surface area contributed by atoms with E-state index in [2.05, 4.69) is 76.0 Å². The van der Waals surface area contributed by atoms with Gasteiger partial charge < -0.3 is 9.97 Å². The van der Waals surface area contributed by atoms with Gasteiger partial charge in [0, 0.05) is 52.2 Å². The van der Waals surface area contributed by atoms with Crippen LogP contribution in [-0.4, -0.2) is 26.4 Å². The number of benzene rings is 1. The maximum absolute atomic E-state index is 12.4. The zero-order valence-corrected chi connectivity index (χ0v) is 16.9. The highest BCUT2D eigenvalue weighted by Gasteiger charge is 2.25. The molecule has 0 aliphatic carbocycles. The Morgan fingerprint density at radius 3 is 2.88 bits per heavy atom. The fourth-order valence-corrected chi connectivity index (χ4v) is 3.88. The molecule has 0 saturated carbocycles. The molecule has 1 aliphatic heterocycles. The molecule has 0 radical (unpaired) electrons. The van der Waals surface area contributed by atoms with Crippen molar-refractivity contribution in [3.63, 3.8) is 0 Å². The average molecular weight is 415 g/mol. The number of halogens is 1. The Hall–Kier alpha value is -1.92. The molecule has 0 spiro atoms. The van der Waals surface area contributed by atoms with E-state index in [1.807, 2.05) is 0 Å². The van der Waals surface area contributed by atoms with Gasteiger partial charge in [-0.2, -0.15) is 0 Å². The summed E-state index contributed by atoms with van der Waals surface area (Å²) in [6.45, 7) is 8.65. The first-order chi connectivity index (χ1) is 12.3. The maximum atomic E-state index is 12.4. The minimum atomic E-state index is -0.166. The van der Waals surface area contributed by atoms with Crippen LogP contribution in [-0.2, 0) is 24.9 Å². The number of nitrogens with one attached hydrogen (secondary N) is 2. The van der Waals surface area contributed by atoms with Gasteiger partial charge in [0.05, 0.1) is 5.69 Å². The number of hydrogen-bond donors (Lipinski definition) is 2. The fraction of sp³-hybridized carbons (Fsp3) is 0.400. The Morgan fingerprint density at radius 2 is 2.12 bits per heavy atom. The molecule has 26 heavy (non-hydrogen) atoms. The summed E-state index contributed by atoms with van der Waals surface area (Å²) in [6.07, 6.45) is 2.83. The molecular formula is C20H23BrN4O. The highest BCUT2D eigenvalue weighted by Crippen LogP contribution is 2.25. The lowest BCUT2D eigenvalue weighted by Gasteiger charge is -2.28. The van der Waals surface area contributed by atoms with Crippen molar-refractivity contribution in [1.82, 2.24) is 19.9 Å². The standard InChI is InChI=1S/C20H23BrN4O/c1-20(2,3)19-23-17-11-25(7-6-15(17)18(26)24-19)10-12-9-22-16-8-13(21)4-5-14(12)16/h4-5,8-9,22H,6-7,10-11H2,1-3H3,(H,23,24,26). The van der Waals surface area contributed by atoms with Crippen molar-refractivity contribution in [3.05, 3.63) is 61.9 Å². The fourth-order valence-electron chi connectivity index (χ4n) is 3.51. The zero-order chi connectivity index (χ0) is 18.5. The number of hydrogen-bond acceptors (Lipinski definition) is 3. The van der Waals surface area contributed by atoms with Gasteiger partial charge in [-0.15, -0.1) is 0 Å². The van der Waals surface area contributed by atoms with E-state index >= 15 is 0 Å². The first-order valence-corrected chi connectivity index (χ1v) is 9.71. The molecule has 0 atom stereocenters. The summed E-state index contributed by atoms with van der Waals surface area (Å²) >= 11 is 3.52. The predicted molar refractivity (Wildman–Crippen MR) is 107 cm³/mol. The quantitative estimate of drug-likeness (QED) is 0.668. The van der Waals surface area contributed by atoms with Crippen LogP contribution in [0.15, 0.2) is 33.7 Å². The third kappa shape index (κ3) is 3.23. The molecule has 5 nitrogen and oxygen atoms in total. The van der Waals surface area contributed by atoms with E-state index in [1.54, 1.807) is 0 Å². The van der Waals surface area contributed by atoms with Crippen LogP contribution in [0.2, 0.25) is 0 Å². The summed E-state index contributed by atoms with van der Waals surface area (Å²) in [5.41, 5.74) is 4.04. The minimum absolute atomic E-state index is 0.0246. The monoisotopic (exact) mass is 414 g/mol. The van der Waals surface area contributed by atoms with Crippen molar-refractivity contribution in [2.45, 2.75) is 45.7 Å². The lowest BCUT2D eigenvalue weighted by molar-refractivity contribution is 0.240. The molecule has 3 aromatic rings. The second kappa shape index (κ2) is 6.35. The van der Waals surface area contributed by atoms with Crippen LogP contribution in [0.1, 0.15) is 43.4 Å². The first-order valence-electron chi connectivity index (χ1n) is 8.92. The Kier molecular flexibility index (Phi) is 4.28. The lowest BCUT2D eigenvalue weighted by atomic mass is 9.95. The molecular weight excluding hydrogens is 392 g/mol. The molecule has 0 saturated heterocycles. The van der Waals surface area contributed by atoms with Crippen LogP contribution in [0.25, 0.3) is 10.9 Å².